The van der Waals surface area contributed by atoms with Crippen molar-refractivity contribution in [1.29, 1.82) is 0 Å². The summed E-state index contributed by atoms with van der Waals surface area (Å²) in [6.45, 7) is 7.58. The van der Waals surface area contributed by atoms with Gasteiger partial charge in [0.15, 0.2) is 0 Å². The molecule has 0 bridgehead atoms. The standard InChI is InChI=1S/C13H23N5/c1-2-5-15-12-10-14-11-13(17-12)16-6-9-18-7-3-4-8-18/h10-11H,2-9H2,1H3,(H2,15,16,17). The number of likely N-dealkylation sites (tertiary alicyclic amines) is 1. The largest absolute Gasteiger partial charge is 0.369 e. The molecule has 18 heavy (non-hydrogen) atoms. The second-order valence-electron chi connectivity index (χ2n) is 4.69. The highest BCUT2D eigenvalue weighted by Crippen LogP contribution is 2.08. The Morgan fingerprint density at radius 1 is 1.11 bits per heavy atom. The van der Waals surface area contributed by atoms with E-state index in [0.717, 1.165) is 37.7 Å². The number of nitrogens with zero attached hydrogens (tertiary/aromatic N) is 3. The highest BCUT2D eigenvalue weighted by Gasteiger charge is 2.10. The summed E-state index contributed by atoms with van der Waals surface area (Å²) < 4.78 is 0. The molecule has 1 saturated heterocycles. The molecule has 1 aliphatic rings. The summed E-state index contributed by atoms with van der Waals surface area (Å²) >= 11 is 0. The van der Waals surface area contributed by atoms with Crippen molar-refractivity contribution in [3.05, 3.63) is 12.4 Å². The Hall–Kier alpha value is -1.36. The van der Waals surface area contributed by atoms with Crippen LogP contribution in [0.5, 0.6) is 0 Å². The summed E-state index contributed by atoms with van der Waals surface area (Å²) in [6.07, 6.45) is 7.32. The van der Waals surface area contributed by atoms with E-state index in [1.54, 1.807) is 12.4 Å². The number of anilines is 2. The van der Waals surface area contributed by atoms with Gasteiger partial charge in [0.1, 0.15) is 11.6 Å². The van der Waals surface area contributed by atoms with Gasteiger partial charge in [-0.15, -0.1) is 0 Å². The van der Waals surface area contributed by atoms with Crippen LogP contribution in [0.2, 0.25) is 0 Å². The molecule has 2 heterocycles. The first-order valence-electron chi connectivity index (χ1n) is 6.90. The van der Waals surface area contributed by atoms with Gasteiger partial charge in [0.05, 0.1) is 12.4 Å². The van der Waals surface area contributed by atoms with Gasteiger partial charge in [0.2, 0.25) is 0 Å². The Labute approximate surface area is 109 Å². The molecule has 0 spiro atoms. The van der Waals surface area contributed by atoms with E-state index >= 15 is 0 Å². The third-order valence-electron chi connectivity index (χ3n) is 3.12. The Morgan fingerprint density at radius 2 is 1.78 bits per heavy atom. The topological polar surface area (TPSA) is 53.1 Å². The summed E-state index contributed by atoms with van der Waals surface area (Å²) in [6, 6.07) is 0. The molecule has 0 radical (unpaired) electrons. The number of rotatable bonds is 7. The van der Waals surface area contributed by atoms with Gasteiger partial charge in [0, 0.05) is 19.6 Å². The van der Waals surface area contributed by atoms with E-state index in [1.165, 1.54) is 25.9 Å². The smallest absolute Gasteiger partial charge is 0.147 e. The number of hydrogen-bond acceptors (Lipinski definition) is 5. The maximum atomic E-state index is 4.47. The fourth-order valence-electron chi connectivity index (χ4n) is 2.14. The van der Waals surface area contributed by atoms with Gasteiger partial charge in [-0.3, -0.25) is 4.98 Å². The minimum absolute atomic E-state index is 0.850. The number of nitrogens with one attached hydrogen (secondary N) is 2. The van der Waals surface area contributed by atoms with E-state index in [2.05, 4.69) is 32.4 Å². The second-order valence-corrected chi connectivity index (χ2v) is 4.69. The first-order chi connectivity index (χ1) is 8.88. The third kappa shape index (κ3) is 4.14. The molecule has 0 amide bonds. The molecule has 0 aromatic carbocycles. The summed E-state index contributed by atoms with van der Waals surface area (Å²) in [7, 11) is 0. The van der Waals surface area contributed by atoms with Crippen molar-refractivity contribution in [1.82, 2.24) is 14.9 Å². The molecule has 5 heteroatoms. The van der Waals surface area contributed by atoms with Gasteiger partial charge in [0.25, 0.3) is 0 Å². The van der Waals surface area contributed by atoms with Crippen LogP contribution in [-0.4, -0.2) is 47.6 Å². The molecular weight excluding hydrogens is 226 g/mol. The second kappa shape index (κ2) is 7.16. The van der Waals surface area contributed by atoms with Crippen molar-refractivity contribution >= 4 is 11.6 Å². The molecule has 0 atom stereocenters. The third-order valence-corrected chi connectivity index (χ3v) is 3.12. The van der Waals surface area contributed by atoms with Crippen LogP contribution in [0.25, 0.3) is 0 Å². The summed E-state index contributed by atoms with van der Waals surface area (Å²) in [5.74, 6) is 1.71. The first-order valence-corrected chi connectivity index (χ1v) is 6.90. The fraction of sp³-hybridized carbons (Fsp3) is 0.692. The van der Waals surface area contributed by atoms with Crippen molar-refractivity contribution in [2.45, 2.75) is 26.2 Å². The predicted octanol–water partition coefficient (Wildman–Crippen LogP) is 1.81. The molecule has 1 aliphatic heterocycles. The van der Waals surface area contributed by atoms with Crippen molar-refractivity contribution in [3.8, 4) is 0 Å². The fourth-order valence-corrected chi connectivity index (χ4v) is 2.14. The van der Waals surface area contributed by atoms with Crippen LogP contribution < -0.4 is 10.6 Å². The quantitative estimate of drug-likeness (QED) is 0.772. The van der Waals surface area contributed by atoms with E-state index in [9.17, 15) is 0 Å². The Bertz CT molecular complexity index is 349. The lowest BCUT2D eigenvalue weighted by Crippen LogP contribution is -2.26. The van der Waals surface area contributed by atoms with Gasteiger partial charge in [-0.2, -0.15) is 0 Å². The SMILES string of the molecule is CCCNc1cncc(NCCN2CCCC2)n1. The molecule has 1 aromatic heterocycles. The average Bonchev–Trinajstić information content (AvgIpc) is 2.90. The molecular formula is C13H23N5. The number of hydrogen-bond donors (Lipinski definition) is 2. The zero-order chi connectivity index (χ0) is 12.6. The molecule has 1 aromatic rings. The minimum atomic E-state index is 0.850. The lowest BCUT2D eigenvalue weighted by molar-refractivity contribution is 0.352. The molecule has 5 nitrogen and oxygen atoms in total. The molecule has 0 saturated carbocycles. The number of aromatic nitrogens is 2. The van der Waals surface area contributed by atoms with Crippen LogP contribution >= 0.6 is 0 Å². The Morgan fingerprint density at radius 3 is 2.44 bits per heavy atom. The van der Waals surface area contributed by atoms with Crippen molar-refractivity contribution < 1.29 is 0 Å². The van der Waals surface area contributed by atoms with E-state index in [0.29, 0.717) is 0 Å². The average molecular weight is 249 g/mol. The lowest BCUT2D eigenvalue weighted by Gasteiger charge is -2.15. The van der Waals surface area contributed by atoms with E-state index in [4.69, 9.17) is 0 Å². The van der Waals surface area contributed by atoms with E-state index < -0.39 is 0 Å². The van der Waals surface area contributed by atoms with Crippen LogP contribution in [-0.2, 0) is 0 Å². The minimum Gasteiger partial charge on any atom is -0.369 e. The van der Waals surface area contributed by atoms with Gasteiger partial charge >= 0.3 is 0 Å². The normalized spacial score (nSPS) is 15.8. The molecule has 2 rings (SSSR count). The predicted molar refractivity (Wildman–Crippen MR) is 75.0 cm³/mol. The maximum absolute atomic E-state index is 4.47. The van der Waals surface area contributed by atoms with Gasteiger partial charge in [-0.25, -0.2) is 4.98 Å². The zero-order valence-corrected chi connectivity index (χ0v) is 11.2. The Balaban J connectivity index is 1.74. The molecule has 100 valence electrons. The van der Waals surface area contributed by atoms with Crippen LogP contribution in [0.4, 0.5) is 11.6 Å². The zero-order valence-electron chi connectivity index (χ0n) is 11.2. The summed E-state index contributed by atoms with van der Waals surface area (Å²) in [5, 5.41) is 6.58. The monoisotopic (exact) mass is 249 g/mol. The molecule has 0 aliphatic carbocycles. The van der Waals surface area contributed by atoms with Gasteiger partial charge < -0.3 is 15.5 Å². The van der Waals surface area contributed by atoms with Crippen LogP contribution in [0.3, 0.4) is 0 Å². The lowest BCUT2D eigenvalue weighted by atomic mass is 10.4. The summed E-state index contributed by atoms with van der Waals surface area (Å²) in [5.41, 5.74) is 0. The molecule has 2 N–H and O–H groups in total. The molecule has 0 unspecified atom stereocenters. The van der Waals surface area contributed by atoms with Gasteiger partial charge in [-0.1, -0.05) is 6.92 Å². The first kappa shape index (κ1) is 13.1. The molecule has 1 fully saturated rings. The maximum Gasteiger partial charge on any atom is 0.147 e. The van der Waals surface area contributed by atoms with Crippen molar-refractivity contribution in [3.63, 3.8) is 0 Å². The van der Waals surface area contributed by atoms with Crippen molar-refractivity contribution in [2.75, 3.05) is 43.4 Å². The highest BCUT2D eigenvalue weighted by molar-refractivity contribution is 5.41. The Kier molecular flexibility index (Phi) is 5.20. The van der Waals surface area contributed by atoms with E-state index in [1.807, 2.05) is 0 Å². The van der Waals surface area contributed by atoms with Gasteiger partial charge in [-0.05, 0) is 32.4 Å². The van der Waals surface area contributed by atoms with E-state index in [-0.39, 0.29) is 0 Å². The van der Waals surface area contributed by atoms with Crippen LogP contribution in [0.15, 0.2) is 12.4 Å². The summed E-state index contributed by atoms with van der Waals surface area (Å²) in [4.78, 5) is 11.1. The van der Waals surface area contributed by atoms with Crippen LogP contribution in [0, 0.1) is 0 Å². The van der Waals surface area contributed by atoms with Crippen molar-refractivity contribution in [2.24, 2.45) is 0 Å². The van der Waals surface area contributed by atoms with Crippen LogP contribution in [0.1, 0.15) is 26.2 Å². The highest BCUT2D eigenvalue weighted by atomic mass is 15.2.